The zero-order chi connectivity index (χ0) is 16.7. The van der Waals surface area contributed by atoms with E-state index in [0.29, 0.717) is 0 Å². The summed E-state index contributed by atoms with van der Waals surface area (Å²) in [6, 6.07) is 30.7. The largest absolute Gasteiger partial charge is 0.319 e. The molecule has 122 valence electrons. The molecule has 3 aromatic carbocycles. The smallest absolute Gasteiger partial charge is 0.116 e. The van der Waals surface area contributed by atoms with Gasteiger partial charge in [-0.3, -0.25) is 0 Å². The maximum atomic E-state index is 13.8. The molecule has 0 aromatic heterocycles. The van der Waals surface area contributed by atoms with Crippen molar-refractivity contribution in [1.29, 1.82) is 0 Å². The Kier molecular flexibility index (Phi) is 5.67. The van der Waals surface area contributed by atoms with E-state index in [0.717, 1.165) is 30.5 Å². The second-order valence-electron chi connectivity index (χ2n) is 6.14. The van der Waals surface area contributed by atoms with Crippen LogP contribution in [0.2, 0.25) is 0 Å². The van der Waals surface area contributed by atoms with Gasteiger partial charge in [0.05, 0.1) is 0 Å². The molecule has 0 aliphatic carbocycles. The Labute approximate surface area is 144 Å². The van der Waals surface area contributed by atoms with Gasteiger partial charge in [-0.2, -0.15) is 0 Å². The fourth-order valence-corrected chi connectivity index (χ4v) is 5.67. The molecule has 0 N–H and O–H groups in total. The molecule has 0 spiro atoms. The standard InChI is InChI=1S/C22H23OP/c23-24(22-14-8-3-9-15-22,18-16-20-10-4-1-5-11-20)19-17-21-12-6-2-7-13-21/h1-15H,16-19H2. The Hall–Kier alpha value is -2.11. The van der Waals surface area contributed by atoms with Gasteiger partial charge in [0, 0.05) is 17.6 Å². The van der Waals surface area contributed by atoms with Crippen LogP contribution in [-0.4, -0.2) is 12.3 Å². The number of hydrogen-bond acceptors (Lipinski definition) is 1. The minimum atomic E-state index is -2.40. The predicted molar refractivity (Wildman–Crippen MR) is 104 cm³/mol. The highest BCUT2D eigenvalue weighted by atomic mass is 31.2. The van der Waals surface area contributed by atoms with E-state index in [1.54, 1.807) is 0 Å². The Morgan fingerprint density at radius 3 is 1.33 bits per heavy atom. The van der Waals surface area contributed by atoms with Crippen LogP contribution in [0.25, 0.3) is 0 Å². The van der Waals surface area contributed by atoms with Gasteiger partial charge in [0.25, 0.3) is 0 Å². The van der Waals surface area contributed by atoms with Gasteiger partial charge in [-0.15, -0.1) is 0 Å². The lowest BCUT2D eigenvalue weighted by atomic mass is 10.2. The second-order valence-corrected chi connectivity index (χ2v) is 9.33. The zero-order valence-corrected chi connectivity index (χ0v) is 14.7. The van der Waals surface area contributed by atoms with Gasteiger partial charge in [0.1, 0.15) is 7.14 Å². The number of hydrogen-bond donors (Lipinski definition) is 0. The molecule has 0 saturated heterocycles. The highest BCUT2D eigenvalue weighted by molar-refractivity contribution is 7.71. The molecule has 0 aliphatic heterocycles. The first kappa shape index (κ1) is 16.7. The van der Waals surface area contributed by atoms with Gasteiger partial charge >= 0.3 is 0 Å². The Balaban J connectivity index is 1.77. The summed E-state index contributed by atoms with van der Waals surface area (Å²) < 4.78 is 13.8. The van der Waals surface area contributed by atoms with Crippen molar-refractivity contribution in [2.75, 3.05) is 12.3 Å². The van der Waals surface area contributed by atoms with E-state index in [1.807, 2.05) is 66.7 Å². The molecule has 0 heterocycles. The van der Waals surface area contributed by atoms with Crippen LogP contribution in [0.1, 0.15) is 11.1 Å². The third-order valence-corrected chi connectivity index (χ3v) is 7.57. The summed E-state index contributed by atoms with van der Waals surface area (Å²) in [6.45, 7) is 0. The van der Waals surface area contributed by atoms with Crippen LogP contribution in [0.4, 0.5) is 0 Å². The van der Waals surface area contributed by atoms with E-state index < -0.39 is 7.14 Å². The molecule has 0 bridgehead atoms. The van der Waals surface area contributed by atoms with Crippen LogP contribution in [0.3, 0.4) is 0 Å². The summed E-state index contributed by atoms with van der Waals surface area (Å²) in [6.07, 6.45) is 3.19. The van der Waals surface area contributed by atoms with E-state index in [2.05, 4.69) is 24.3 Å². The van der Waals surface area contributed by atoms with Crippen molar-refractivity contribution < 1.29 is 4.57 Å². The fraction of sp³-hybridized carbons (Fsp3) is 0.182. The van der Waals surface area contributed by atoms with Crippen LogP contribution in [-0.2, 0) is 17.4 Å². The SMILES string of the molecule is O=P(CCc1ccccc1)(CCc1ccccc1)c1ccccc1. The van der Waals surface area contributed by atoms with E-state index in [-0.39, 0.29) is 0 Å². The lowest BCUT2D eigenvalue weighted by molar-refractivity contribution is 0.580. The van der Waals surface area contributed by atoms with Gasteiger partial charge in [-0.25, -0.2) is 0 Å². The van der Waals surface area contributed by atoms with Crippen LogP contribution < -0.4 is 5.30 Å². The summed E-state index contributed by atoms with van der Waals surface area (Å²) in [5.74, 6) is 0. The van der Waals surface area contributed by atoms with Crippen LogP contribution in [0.5, 0.6) is 0 Å². The first-order chi connectivity index (χ1) is 11.8. The molecular weight excluding hydrogens is 311 g/mol. The van der Waals surface area contributed by atoms with Gasteiger partial charge in [0.15, 0.2) is 0 Å². The fourth-order valence-electron chi connectivity index (χ4n) is 2.98. The van der Waals surface area contributed by atoms with Crippen molar-refractivity contribution in [3.63, 3.8) is 0 Å². The Morgan fingerprint density at radius 2 is 0.917 bits per heavy atom. The first-order valence-corrected chi connectivity index (χ1v) is 10.6. The lowest BCUT2D eigenvalue weighted by Crippen LogP contribution is -2.13. The number of rotatable bonds is 7. The zero-order valence-electron chi connectivity index (χ0n) is 13.8. The highest BCUT2D eigenvalue weighted by Crippen LogP contribution is 2.45. The molecule has 3 rings (SSSR count). The molecule has 0 saturated carbocycles. The molecular formula is C22H23OP. The van der Waals surface area contributed by atoms with Gasteiger partial charge < -0.3 is 4.57 Å². The van der Waals surface area contributed by atoms with Gasteiger partial charge in [-0.1, -0.05) is 91.0 Å². The molecule has 0 fully saturated rings. The third-order valence-electron chi connectivity index (χ3n) is 4.44. The summed E-state index contributed by atoms with van der Waals surface area (Å²) >= 11 is 0. The molecule has 24 heavy (non-hydrogen) atoms. The third kappa shape index (κ3) is 4.46. The summed E-state index contributed by atoms with van der Waals surface area (Å²) in [4.78, 5) is 0. The van der Waals surface area contributed by atoms with Crippen molar-refractivity contribution in [1.82, 2.24) is 0 Å². The molecule has 2 heteroatoms. The minimum Gasteiger partial charge on any atom is -0.319 e. The van der Waals surface area contributed by atoms with E-state index in [4.69, 9.17) is 0 Å². The average Bonchev–Trinajstić information content (AvgIpc) is 2.67. The monoisotopic (exact) mass is 334 g/mol. The Morgan fingerprint density at radius 1 is 0.542 bits per heavy atom. The van der Waals surface area contributed by atoms with Gasteiger partial charge in [-0.05, 0) is 24.0 Å². The molecule has 0 aliphatic rings. The van der Waals surface area contributed by atoms with E-state index in [1.165, 1.54) is 11.1 Å². The van der Waals surface area contributed by atoms with Crippen LogP contribution in [0, 0.1) is 0 Å². The second kappa shape index (κ2) is 8.13. The normalized spacial score (nSPS) is 11.3. The number of benzene rings is 3. The summed E-state index contributed by atoms with van der Waals surface area (Å²) in [7, 11) is -2.40. The van der Waals surface area contributed by atoms with Crippen LogP contribution >= 0.6 is 7.14 Å². The predicted octanol–water partition coefficient (Wildman–Crippen LogP) is 5.16. The molecule has 0 atom stereocenters. The van der Waals surface area contributed by atoms with Crippen molar-refractivity contribution in [2.45, 2.75) is 12.8 Å². The van der Waals surface area contributed by atoms with Crippen LogP contribution in [0.15, 0.2) is 91.0 Å². The lowest BCUT2D eigenvalue weighted by Gasteiger charge is -2.19. The van der Waals surface area contributed by atoms with Crippen molar-refractivity contribution in [3.05, 3.63) is 102 Å². The van der Waals surface area contributed by atoms with Gasteiger partial charge in [0.2, 0.25) is 0 Å². The van der Waals surface area contributed by atoms with E-state index >= 15 is 0 Å². The quantitative estimate of drug-likeness (QED) is 0.545. The van der Waals surface area contributed by atoms with Crippen molar-refractivity contribution in [2.24, 2.45) is 0 Å². The van der Waals surface area contributed by atoms with E-state index in [9.17, 15) is 4.57 Å². The maximum Gasteiger partial charge on any atom is 0.116 e. The number of aryl methyl sites for hydroxylation is 2. The Bertz CT molecular complexity index is 734. The molecule has 0 radical (unpaired) electrons. The minimum absolute atomic E-state index is 0.730. The molecule has 0 amide bonds. The maximum absolute atomic E-state index is 13.8. The summed E-state index contributed by atoms with van der Waals surface area (Å²) in [5.41, 5.74) is 2.52. The molecule has 1 nitrogen and oxygen atoms in total. The highest BCUT2D eigenvalue weighted by Gasteiger charge is 2.24. The molecule has 3 aromatic rings. The van der Waals surface area contributed by atoms with Crippen molar-refractivity contribution >= 4 is 12.4 Å². The topological polar surface area (TPSA) is 17.1 Å². The first-order valence-electron chi connectivity index (χ1n) is 8.48. The summed E-state index contributed by atoms with van der Waals surface area (Å²) in [5, 5.41) is 1.01. The average molecular weight is 334 g/mol. The van der Waals surface area contributed by atoms with Crippen molar-refractivity contribution in [3.8, 4) is 0 Å². The molecule has 0 unspecified atom stereocenters.